The molecule has 0 aromatic carbocycles. The average Bonchev–Trinajstić information content (AvgIpc) is 2.38. The van der Waals surface area contributed by atoms with Gasteiger partial charge in [0, 0.05) is 19.5 Å². The standard InChI is InChI=1S/C13H24N2O4/c1-10-5-7-15(8-11(10)16)9-12(17)14-6-3-4-13(18)19-2/h10-11,16H,3-9H2,1-2H3,(H,14,17). The summed E-state index contributed by atoms with van der Waals surface area (Å²) in [6, 6.07) is 0. The second-order valence-corrected chi connectivity index (χ2v) is 5.10. The van der Waals surface area contributed by atoms with Crippen molar-refractivity contribution in [2.45, 2.75) is 32.3 Å². The van der Waals surface area contributed by atoms with Gasteiger partial charge >= 0.3 is 5.97 Å². The van der Waals surface area contributed by atoms with E-state index in [2.05, 4.69) is 10.1 Å². The summed E-state index contributed by atoms with van der Waals surface area (Å²) in [5.74, 6) is -0.0200. The zero-order valence-corrected chi connectivity index (χ0v) is 11.7. The van der Waals surface area contributed by atoms with Crippen LogP contribution < -0.4 is 5.32 Å². The first-order valence-corrected chi connectivity index (χ1v) is 6.77. The largest absolute Gasteiger partial charge is 0.469 e. The molecule has 2 unspecified atom stereocenters. The lowest BCUT2D eigenvalue weighted by Crippen LogP contribution is -2.47. The van der Waals surface area contributed by atoms with Crippen LogP contribution in [0.3, 0.4) is 0 Å². The smallest absolute Gasteiger partial charge is 0.305 e. The van der Waals surface area contributed by atoms with Crippen molar-refractivity contribution in [2.75, 3.05) is 33.3 Å². The van der Waals surface area contributed by atoms with Crippen LogP contribution in [0.4, 0.5) is 0 Å². The summed E-state index contributed by atoms with van der Waals surface area (Å²) >= 11 is 0. The van der Waals surface area contributed by atoms with Crippen LogP contribution in [0.15, 0.2) is 0 Å². The van der Waals surface area contributed by atoms with E-state index in [1.807, 2.05) is 11.8 Å². The van der Waals surface area contributed by atoms with Crippen molar-refractivity contribution < 1.29 is 19.4 Å². The Morgan fingerprint density at radius 3 is 2.84 bits per heavy atom. The summed E-state index contributed by atoms with van der Waals surface area (Å²) in [7, 11) is 1.35. The molecule has 1 fully saturated rings. The third-order valence-corrected chi connectivity index (χ3v) is 3.48. The van der Waals surface area contributed by atoms with Gasteiger partial charge in [-0.15, -0.1) is 0 Å². The summed E-state index contributed by atoms with van der Waals surface area (Å²) in [5.41, 5.74) is 0. The monoisotopic (exact) mass is 272 g/mol. The molecule has 1 saturated heterocycles. The van der Waals surface area contributed by atoms with Crippen molar-refractivity contribution in [1.82, 2.24) is 10.2 Å². The highest BCUT2D eigenvalue weighted by molar-refractivity contribution is 5.78. The van der Waals surface area contributed by atoms with Crippen molar-refractivity contribution in [3.8, 4) is 0 Å². The molecule has 110 valence electrons. The molecule has 0 radical (unpaired) electrons. The average molecular weight is 272 g/mol. The van der Waals surface area contributed by atoms with Gasteiger partial charge in [-0.3, -0.25) is 14.5 Å². The molecule has 1 heterocycles. The lowest BCUT2D eigenvalue weighted by atomic mass is 9.96. The van der Waals surface area contributed by atoms with Crippen LogP contribution in [-0.2, 0) is 14.3 Å². The van der Waals surface area contributed by atoms with Crippen molar-refractivity contribution in [2.24, 2.45) is 5.92 Å². The molecule has 2 N–H and O–H groups in total. The number of aliphatic hydroxyl groups excluding tert-OH is 1. The van der Waals surface area contributed by atoms with Gasteiger partial charge in [-0.2, -0.15) is 0 Å². The Kier molecular flexibility index (Phi) is 6.80. The number of piperidine rings is 1. The van der Waals surface area contributed by atoms with E-state index in [0.29, 0.717) is 38.4 Å². The molecule has 1 aliphatic heterocycles. The van der Waals surface area contributed by atoms with Gasteiger partial charge in [0.15, 0.2) is 0 Å². The number of rotatable bonds is 6. The number of nitrogens with one attached hydrogen (secondary N) is 1. The zero-order chi connectivity index (χ0) is 14.3. The Morgan fingerprint density at radius 2 is 2.21 bits per heavy atom. The lowest BCUT2D eigenvalue weighted by molar-refractivity contribution is -0.140. The number of carbonyl (C=O) groups is 2. The number of amides is 1. The summed E-state index contributed by atoms with van der Waals surface area (Å²) in [6.45, 7) is 4.20. The van der Waals surface area contributed by atoms with Crippen LogP contribution >= 0.6 is 0 Å². The van der Waals surface area contributed by atoms with Gasteiger partial charge in [0.2, 0.25) is 5.91 Å². The van der Waals surface area contributed by atoms with E-state index in [-0.39, 0.29) is 18.0 Å². The van der Waals surface area contributed by atoms with E-state index in [4.69, 9.17) is 0 Å². The molecule has 0 spiro atoms. The maximum atomic E-state index is 11.7. The zero-order valence-electron chi connectivity index (χ0n) is 11.7. The normalized spacial score (nSPS) is 23.9. The van der Waals surface area contributed by atoms with Crippen LogP contribution in [0.2, 0.25) is 0 Å². The van der Waals surface area contributed by atoms with Crippen molar-refractivity contribution in [3.63, 3.8) is 0 Å². The topological polar surface area (TPSA) is 78.9 Å². The highest BCUT2D eigenvalue weighted by atomic mass is 16.5. The summed E-state index contributed by atoms with van der Waals surface area (Å²) in [6.07, 6.45) is 1.46. The predicted molar refractivity (Wildman–Crippen MR) is 70.5 cm³/mol. The molecule has 0 bridgehead atoms. The molecule has 0 aliphatic carbocycles. The SMILES string of the molecule is COC(=O)CCCNC(=O)CN1CCC(C)C(O)C1. The molecule has 1 amide bonds. The number of methoxy groups -OCH3 is 1. The van der Waals surface area contributed by atoms with Gasteiger partial charge in [0.05, 0.1) is 19.8 Å². The maximum absolute atomic E-state index is 11.7. The van der Waals surface area contributed by atoms with Gasteiger partial charge < -0.3 is 15.2 Å². The third-order valence-electron chi connectivity index (χ3n) is 3.48. The molecule has 0 aromatic heterocycles. The first-order valence-electron chi connectivity index (χ1n) is 6.77. The van der Waals surface area contributed by atoms with Gasteiger partial charge in [-0.05, 0) is 25.3 Å². The quantitative estimate of drug-likeness (QED) is 0.515. The van der Waals surface area contributed by atoms with E-state index >= 15 is 0 Å². The highest BCUT2D eigenvalue weighted by Crippen LogP contribution is 2.16. The fourth-order valence-electron chi connectivity index (χ4n) is 2.08. The van der Waals surface area contributed by atoms with E-state index in [0.717, 1.165) is 13.0 Å². The van der Waals surface area contributed by atoms with E-state index < -0.39 is 0 Å². The first-order chi connectivity index (χ1) is 9.02. The molecular formula is C13H24N2O4. The Bertz CT molecular complexity index is 309. The molecule has 0 aromatic rings. The minimum absolute atomic E-state index is 0.0633. The van der Waals surface area contributed by atoms with Crippen molar-refractivity contribution in [3.05, 3.63) is 0 Å². The molecular weight excluding hydrogens is 248 g/mol. The fourth-order valence-corrected chi connectivity index (χ4v) is 2.08. The number of β-amino-alcohol motifs (C(OH)–C–C–N with tert-alkyl or cyclic N) is 1. The van der Waals surface area contributed by atoms with E-state index in [9.17, 15) is 14.7 Å². The molecule has 2 atom stereocenters. The number of esters is 1. The summed E-state index contributed by atoms with van der Waals surface area (Å²) < 4.78 is 4.51. The van der Waals surface area contributed by atoms with Crippen LogP contribution in [0.25, 0.3) is 0 Å². The van der Waals surface area contributed by atoms with Gasteiger partial charge in [-0.25, -0.2) is 0 Å². The van der Waals surface area contributed by atoms with E-state index in [1.54, 1.807) is 0 Å². The molecule has 19 heavy (non-hydrogen) atoms. The summed E-state index contributed by atoms with van der Waals surface area (Å²) in [5, 5.41) is 12.5. The van der Waals surface area contributed by atoms with Gasteiger partial charge in [0.1, 0.15) is 0 Å². The van der Waals surface area contributed by atoms with Crippen molar-refractivity contribution >= 4 is 11.9 Å². The Morgan fingerprint density at radius 1 is 1.47 bits per heavy atom. The minimum Gasteiger partial charge on any atom is -0.469 e. The number of aliphatic hydroxyl groups is 1. The molecule has 0 saturated carbocycles. The number of hydrogen-bond acceptors (Lipinski definition) is 5. The molecule has 1 aliphatic rings. The Balaban J connectivity index is 2.12. The Labute approximate surface area is 114 Å². The first kappa shape index (κ1) is 15.9. The predicted octanol–water partition coefficient (Wildman–Crippen LogP) is -0.241. The van der Waals surface area contributed by atoms with Gasteiger partial charge in [-0.1, -0.05) is 6.92 Å². The lowest BCUT2D eigenvalue weighted by Gasteiger charge is -2.33. The number of nitrogens with zero attached hydrogens (tertiary/aromatic N) is 1. The number of likely N-dealkylation sites (tertiary alicyclic amines) is 1. The molecule has 6 nitrogen and oxygen atoms in total. The second kappa shape index (κ2) is 8.12. The van der Waals surface area contributed by atoms with Crippen LogP contribution in [0.1, 0.15) is 26.2 Å². The number of carbonyl (C=O) groups excluding carboxylic acids is 2. The van der Waals surface area contributed by atoms with E-state index in [1.165, 1.54) is 7.11 Å². The molecule has 1 rings (SSSR count). The van der Waals surface area contributed by atoms with Gasteiger partial charge in [0.25, 0.3) is 0 Å². The maximum Gasteiger partial charge on any atom is 0.305 e. The van der Waals surface area contributed by atoms with Crippen molar-refractivity contribution in [1.29, 1.82) is 0 Å². The third kappa shape index (κ3) is 6.02. The number of hydrogen-bond donors (Lipinski definition) is 2. The summed E-state index contributed by atoms with van der Waals surface area (Å²) in [4.78, 5) is 24.5. The molecule has 6 heteroatoms. The highest BCUT2D eigenvalue weighted by Gasteiger charge is 2.25. The number of ether oxygens (including phenoxy) is 1. The van der Waals surface area contributed by atoms with Crippen LogP contribution in [-0.4, -0.2) is 61.3 Å². The van der Waals surface area contributed by atoms with Crippen LogP contribution in [0.5, 0.6) is 0 Å². The fraction of sp³-hybridized carbons (Fsp3) is 0.846. The van der Waals surface area contributed by atoms with Crippen LogP contribution in [0, 0.1) is 5.92 Å². The Hall–Kier alpha value is -1.14. The minimum atomic E-state index is -0.346. The second-order valence-electron chi connectivity index (χ2n) is 5.10.